The minimum absolute atomic E-state index is 0.101. The number of nitrogens with one attached hydrogen (secondary N) is 1. The van der Waals surface area contributed by atoms with Crippen molar-refractivity contribution in [1.82, 2.24) is 14.8 Å². The summed E-state index contributed by atoms with van der Waals surface area (Å²) in [5, 5.41) is 12.1. The number of hydrogen-bond donors (Lipinski definition) is 1. The monoisotopic (exact) mass is 437 g/mol. The van der Waals surface area contributed by atoms with Crippen molar-refractivity contribution in [2.75, 3.05) is 16.0 Å². The van der Waals surface area contributed by atoms with Gasteiger partial charge in [0.15, 0.2) is 11.0 Å². The minimum atomic E-state index is -0.257. The zero-order valence-electron chi connectivity index (χ0n) is 17.4. The zero-order valence-corrected chi connectivity index (χ0v) is 18.2. The largest absolute Gasteiger partial charge is 0.469 e. The molecular formula is C22H23N5O3S. The molecule has 31 heavy (non-hydrogen) atoms. The summed E-state index contributed by atoms with van der Waals surface area (Å²) < 4.78 is 7.31. The van der Waals surface area contributed by atoms with Gasteiger partial charge in [0.25, 0.3) is 0 Å². The van der Waals surface area contributed by atoms with Crippen LogP contribution in [-0.4, -0.2) is 38.4 Å². The summed E-state index contributed by atoms with van der Waals surface area (Å²) in [5.41, 5.74) is 2.20. The Hall–Kier alpha value is -3.33. The molecular weight excluding hydrogens is 414 g/mol. The second-order valence-corrected chi connectivity index (χ2v) is 8.21. The quantitative estimate of drug-likeness (QED) is 0.465. The van der Waals surface area contributed by atoms with Crippen molar-refractivity contribution in [1.29, 1.82) is 0 Å². The van der Waals surface area contributed by atoms with E-state index in [0.29, 0.717) is 28.9 Å². The highest BCUT2D eigenvalue weighted by molar-refractivity contribution is 7.99. The number of allylic oxidation sites excluding steroid dienone is 1. The molecule has 0 fully saturated rings. The van der Waals surface area contributed by atoms with E-state index in [9.17, 15) is 9.59 Å². The first-order chi connectivity index (χ1) is 15.0. The summed E-state index contributed by atoms with van der Waals surface area (Å²) in [5.74, 6) is 1.37. The average Bonchev–Trinajstić information content (AvgIpc) is 3.30. The van der Waals surface area contributed by atoms with E-state index in [1.165, 1.54) is 11.8 Å². The molecule has 3 aromatic rings. The second-order valence-electron chi connectivity index (χ2n) is 7.27. The lowest BCUT2D eigenvalue weighted by Crippen LogP contribution is -2.40. The van der Waals surface area contributed by atoms with Gasteiger partial charge >= 0.3 is 0 Å². The summed E-state index contributed by atoms with van der Waals surface area (Å²) in [6.45, 7) is 8.07. The van der Waals surface area contributed by atoms with Gasteiger partial charge in [-0.3, -0.25) is 14.2 Å². The third-order valence-corrected chi connectivity index (χ3v) is 6.03. The predicted octanol–water partition coefficient (Wildman–Crippen LogP) is 3.89. The number of thioether (sulfide) groups is 1. The van der Waals surface area contributed by atoms with E-state index in [-0.39, 0.29) is 30.0 Å². The van der Waals surface area contributed by atoms with Gasteiger partial charge in [-0.25, -0.2) is 0 Å². The molecule has 1 atom stereocenters. The second kappa shape index (κ2) is 8.81. The topological polar surface area (TPSA) is 93.3 Å². The van der Waals surface area contributed by atoms with Gasteiger partial charge in [-0.2, -0.15) is 0 Å². The van der Waals surface area contributed by atoms with Gasteiger partial charge in [0.1, 0.15) is 5.76 Å². The van der Waals surface area contributed by atoms with E-state index in [1.54, 1.807) is 23.3 Å². The third kappa shape index (κ3) is 4.13. The first-order valence-electron chi connectivity index (χ1n) is 9.92. The number of aryl methyl sites for hydroxylation is 1. The highest BCUT2D eigenvalue weighted by atomic mass is 32.2. The standard InChI is InChI=1S/C22H23N5O3S/c1-4-10-26-21(16-9-11-30-15(16)3)24-25-22(26)31-13-20(29)27-14(2)12-19(28)23-17-7-5-6-8-18(17)27/h4-9,11,14H,1,10,12-13H2,2-3H3,(H,23,28)/t14-/m0/s1. The number of fused-ring (bicyclic) bond motifs is 1. The molecule has 0 saturated heterocycles. The molecule has 1 aromatic carbocycles. The van der Waals surface area contributed by atoms with Crippen LogP contribution in [-0.2, 0) is 16.1 Å². The number of aromatic nitrogens is 3. The molecule has 1 N–H and O–H groups in total. The smallest absolute Gasteiger partial charge is 0.237 e. The van der Waals surface area contributed by atoms with Gasteiger partial charge < -0.3 is 14.6 Å². The van der Waals surface area contributed by atoms with Crippen LogP contribution in [0.15, 0.2) is 58.8 Å². The number of furan rings is 1. The highest BCUT2D eigenvalue weighted by Gasteiger charge is 2.30. The maximum absolute atomic E-state index is 13.2. The van der Waals surface area contributed by atoms with Crippen molar-refractivity contribution in [3.05, 3.63) is 55.0 Å². The number of benzene rings is 1. The van der Waals surface area contributed by atoms with Gasteiger partial charge in [-0.05, 0) is 32.0 Å². The van der Waals surface area contributed by atoms with Crippen LogP contribution >= 0.6 is 11.8 Å². The fourth-order valence-corrected chi connectivity index (χ4v) is 4.48. The Balaban J connectivity index is 1.58. The van der Waals surface area contributed by atoms with Crippen LogP contribution in [0.25, 0.3) is 11.4 Å². The van der Waals surface area contributed by atoms with Crippen LogP contribution in [0.1, 0.15) is 19.1 Å². The molecule has 0 saturated carbocycles. The van der Waals surface area contributed by atoms with Gasteiger partial charge in [0, 0.05) is 19.0 Å². The number of carbonyl (C=O) groups is 2. The van der Waals surface area contributed by atoms with E-state index in [2.05, 4.69) is 22.1 Å². The molecule has 160 valence electrons. The normalized spacial score (nSPS) is 15.9. The zero-order chi connectivity index (χ0) is 22.0. The third-order valence-electron chi connectivity index (χ3n) is 5.08. The van der Waals surface area contributed by atoms with Gasteiger partial charge in [-0.1, -0.05) is 30.0 Å². The Morgan fingerprint density at radius 2 is 2.16 bits per heavy atom. The number of anilines is 2. The van der Waals surface area contributed by atoms with Crippen molar-refractivity contribution in [3.63, 3.8) is 0 Å². The Morgan fingerprint density at radius 3 is 2.90 bits per heavy atom. The fourth-order valence-electron chi connectivity index (χ4n) is 3.67. The summed E-state index contributed by atoms with van der Waals surface area (Å²) >= 11 is 1.31. The molecule has 3 heterocycles. The summed E-state index contributed by atoms with van der Waals surface area (Å²) in [4.78, 5) is 27.1. The highest BCUT2D eigenvalue weighted by Crippen LogP contribution is 2.33. The molecule has 0 unspecified atom stereocenters. The van der Waals surface area contributed by atoms with Gasteiger partial charge in [0.2, 0.25) is 11.8 Å². The number of para-hydroxylation sites is 2. The van der Waals surface area contributed by atoms with E-state index < -0.39 is 0 Å². The number of hydrogen-bond acceptors (Lipinski definition) is 6. The molecule has 1 aliphatic rings. The lowest BCUT2D eigenvalue weighted by Gasteiger charge is -2.27. The van der Waals surface area contributed by atoms with Crippen molar-refractivity contribution in [2.24, 2.45) is 0 Å². The molecule has 0 spiro atoms. The van der Waals surface area contributed by atoms with Crippen LogP contribution in [0.3, 0.4) is 0 Å². The van der Waals surface area contributed by atoms with Crippen molar-refractivity contribution >= 4 is 35.0 Å². The lowest BCUT2D eigenvalue weighted by atomic mass is 10.2. The van der Waals surface area contributed by atoms with Crippen molar-refractivity contribution in [3.8, 4) is 11.4 Å². The molecule has 0 radical (unpaired) electrons. The molecule has 0 aliphatic carbocycles. The lowest BCUT2D eigenvalue weighted by molar-refractivity contribution is -0.117. The molecule has 0 bridgehead atoms. The van der Waals surface area contributed by atoms with Crippen LogP contribution in [0.4, 0.5) is 11.4 Å². The number of nitrogens with zero attached hydrogens (tertiary/aromatic N) is 4. The Kier molecular flexibility index (Phi) is 5.94. The Labute approximate surface area is 184 Å². The molecule has 2 amide bonds. The first-order valence-corrected chi connectivity index (χ1v) is 10.9. The maximum atomic E-state index is 13.2. The average molecular weight is 438 g/mol. The molecule has 1 aliphatic heterocycles. The van der Waals surface area contributed by atoms with Gasteiger partial charge in [-0.15, -0.1) is 16.8 Å². The van der Waals surface area contributed by atoms with Crippen LogP contribution in [0.2, 0.25) is 0 Å². The van der Waals surface area contributed by atoms with E-state index in [0.717, 1.165) is 11.3 Å². The Bertz CT molecular complexity index is 1140. The van der Waals surface area contributed by atoms with Crippen LogP contribution in [0.5, 0.6) is 0 Å². The SMILES string of the molecule is C=CCn1c(SCC(=O)N2c3ccccc3NC(=O)C[C@@H]2C)nnc1-c1ccoc1C. The maximum Gasteiger partial charge on any atom is 0.237 e. The molecule has 4 rings (SSSR count). The summed E-state index contributed by atoms with van der Waals surface area (Å²) in [6.07, 6.45) is 3.61. The fraction of sp³-hybridized carbons (Fsp3) is 0.273. The minimum Gasteiger partial charge on any atom is -0.469 e. The summed E-state index contributed by atoms with van der Waals surface area (Å²) in [6, 6.07) is 8.93. The Morgan fingerprint density at radius 1 is 1.35 bits per heavy atom. The van der Waals surface area contributed by atoms with Gasteiger partial charge in [0.05, 0.1) is 29.0 Å². The van der Waals surface area contributed by atoms with Crippen LogP contribution in [0, 0.1) is 6.92 Å². The van der Waals surface area contributed by atoms with Crippen molar-refractivity contribution < 1.29 is 14.0 Å². The number of rotatable bonds is 6. The van der Waals surface area contributed by atoms with E-state index in [1.807, 2.05) is 42.7 Å². The first kappa shape index (κ1) is 20.9. The molecule has 8 nitrogen and oxygen atoms in total. The number of carbonyl (C=O) groups excluding carboxylic acids is 2. The predicted molar refractivity (Wildman–Crippen MR) is 120 cm³/mol. The molecule has 9 heteroatoms. The van der Waals surface area contributed by atoms with E-state index >= 15 is 0 Å². The van der Waals surface area contributed by atoms with Crippen LogP contribution < -0.4 is 10.2 Å². The van der Waals surface area contributed by atoms with Crippen molar-refractivity contribution in [2.45, 2.75) is 38.0 Å². The van der Waals surface area contributed by atoms with E-state index in [4.69, 9.17) is 4.42 Å². The molecule has 2 aromatic heterocycles. The summed E-state index contributed by atoms with van der Waals surface area (Å²) in [7, 11) is 0. The number of amides is 2.